The lowest BCUT2D eigenvalue weighted by Crippen LogP contribution is -2.30. The average molecular weight is 412 g/mol. The van der Waals surface area contributed by atoms with E-state index in [1.54, 1.807) is 7.11 Å². The monoisotopic (exact) mass is 411 g/mol. The van der Waals surface area contributed by atoms with E-state index in [9.17, 15) is 4.79 Å². The number of hydrogen-bond acceptors (Lipinski definition) is 3. The van der Waals surface area contributed by atoms with E-state index in [1.807, 2.05) is 103 Å². The van der Waals surface area contributed by atoms with Gasteiger partial charge in [0, 0.05) is 0 Å². The van der Waals surface area contributed by atoms with Gasteiger partial charge in [0.1, 0.15) is 5.75 Å². The quantitative estimate of drug-likeness (QED) is 0.485. The predicted molar refractivity (Wildman–Crippen MR) is 122 cm³/mol. The van der Waals surface area contributed by atoms with Gasteiger partial charge in [0.25, 0.3) is 5.91 Å². The number of benzene rings is 3. The third kappa shape index (κ3) is 4.21. The molecule has 0 bridgehead atoms. The molecule has 1 unspecified atom stereocenters. The Morgan fingerprint density at radius 2 is 1.45 bits per heavy atom. The number of carbonyl (C=O) groups is 1. The van der Waals surface area contributed by atoms with Crippen LogP contribution in [0.2, 0.25) is 0 Å². The van der Waals surface area contributed by atoms with Crippen molar-refractivity contribution in [3.8, 4) is 11.4 Å². The minimum absolute atomic E-state index is 0.151. The molecule has 4 aromatic rings. The number of aromatic nitrogens is 2. The number of ether oxygens (including phenoxy) is 1. The maximum Gasteiger partial charge on any atom is 0.255 e. The summed E-state index contributed by atoms with van der Waals surface area (Å²) in [4.78, 5) is 13.4. The first-order valence-electron chi connectivity index (χ1n) is 10.2. The van der Waals surface area contributed by atoms with Gasteiger partial charge < -0.3 is 10.1 Å². The van der Waals surface area contributed by atoms with Crippen LogP contribution in [0.5, 0.6) is 5.75 Å². The van der Waals surface area contributed by atoms with Crippen molar-refractivity contribution in [3.05, 3.63) is 113 Å². The SMILES string of the molecule is COc1ccc(C(NC(=O)c2c(C)nn(-c3ccccc3)c2C)c2ccccc2)cc1. The highest BCUT2D eigenvalue weighted by atomic mass is 16.5. The summed E-state index contributed by atoms with van der Waals surface area (Å²) in [6.45, 7) is 3.79. The van der Waals surface area contributed by atoms with Crippen molar-refractivity contribution < 1.29 is 9.53 Å². The fraction of sp³-hybridized carbons (Fsp3) is 0.154. The summed E-state index contributed by atoms with van der Waals surface area (Å²) in [5, 5.41) is 7.83. The predicted octanol–water partition coefficient (Wildman–Crippen LogP) is 5.02. The normalized spacial score (nSPS) is 11.7. The zero-order valence-corrected chi connectivity index (χ0v) is 17.9. The van der Waals surface area contributed by atoms with E-state index < -0.39 is 0 Å². The largest absolute Gasteiger partial charge is 0.497 e. The molecule has 1 heterocycles. The molecule has 1 amide bonds. The van der Waals surface area contributed by atoms with Crippen LogP contribution in [0.25, 0.3) is 5.69 Å². The molecule has 0 saturated heterocycles. The van der Waals surface area contributed by atoms with Crippen molar-refractivity contribution in [2.75, 3.05) is 7.11 Å². The molecule has 0 spiro atoms. The zero-order chi connectivity index (χ0) is 21.8. The van der Waals surface area contributed by atoms with Crippen molar-refractivity contribution in [2.24, 2.45) is 0 Å². The molecule has 0 fully saturated rings. The molecule has 1 atom stereocenters. The highest BCUT2D eigenvalue weighted by molar-refractivity contribution is 5.97. The summed E-state index contributed by atoms with van der Waals surface area (Å²) in [7, 11) is 1.64. The van der Waals surface area contributed by atoms with Crippen molar-refractivity contribution in [3.63, 3.8) is 0 Å². The van der Waals surface area contributed by atoms with Crippen LogP contribution >= 0.6 is 0 Å². The van der Waals surface area contributed by atoms with Crippen LogP contribution in [0.15, 0.2) is 84.9 Å². The molecule has 1 N–H and O–H groups in total. The molecule has 1 aromatic heterocycles. The standard InChI is InChI=1S/C26H25N3O2/c1-18-24(19(2)29(28-18)22-12-8-5-9-13-22)26(30)27-25(20-10-6-4-7-11-20)21-14-16-23(31-3)17-15-21/h4-17,25H,1-3H3,(H,27,30). The second-order valence-corrected chi connectivity index (χ2v) is 7.38. The van der Waals surface area contributed by atoms with Gasteiger partial charge in [-0.3, -0.25) is 4.79 Å². The Labute approximate surface area is 182 Å². The number of nitrogens with one attached hydrogen (secondary N) is 1. The van der Waals surface area contributed by atoms with Gasteiger partial charge in [0.05, 0.1) is 35.8 Å². The molecule has 0 aliphatic rings. The fourth-order valence-corrected chi connectivity index (χ4v) is 3.80. The van der Waals surface area contributed by atoms with E-state index in [2.05, 4.69) is 10.4 Å². The smallest absolute Gasteiger partial charge is 0.255 e. The number of hydrogen-bond donors (Lipinski definition) is 1. The molecule has 31 heavy (non-hydrogen) atoms. The van der Waals surface area contributed by atoms with Crippen LogP contribution in [0.4, 0.5) is 0 Å². The van der Waals surface area contributed by atoms with Crippen molar-refractivity contribution >= 4 is 5.91 Å². The highest BCUT2D eigenvalue weighted by Crippen LogP contribution is 2.26. The molecule has 5 heteroatoms. The first kappa shape index (κ1) is 20.4. The summed E-state index contributed by atoms with van der Waals surface area (Å²) in [6.07, 6.45) is 0. The average Bonchev–Trinajstić information content (AvgIpc) is 3.12. The molecule has 5 nitrogen and oxygen atoms in total. The molecular weight excluding hydrogens is 386 g/mol. The Kier molecular flexibility index (Phi) is 5.85. The van der Waals surface area contributed by atoms with Gasteiger partial charge in [-0.25, -0.2) is 4.68 Å². The van der Waals surface area contributed by atoms with Crippen LogP contribution in [0, 0.1) is 13.8 Å². The number of carbonyl (C=O) groups excluding carboxylic acids is 1. The van der Waals surface area contributed by atoms with Crippen LogP contribution in [-0.4, -0.2) is 22.8 Å². The van der Waals surface area contributed by atoms with E-state index >= 15 is 0 Å². The third-order valence-electron chi connectivity index (χ3n) is 5.38. The van der Waals surface area contributed by atoms with Gasteiger partial charge in [0.15, 0.2) is 0 Å². The number of methoxy groups -OCH3 is 1. The van der Waals surface area contributed by atoms with Gasteiger partial charge in [-0.15, -0.1) is 0 Å². The minimum atomic E-state index is -0.293. The van der Waals surface area contributed by atoms with Gasteiger partial charge in [0.2, 0.25) is 0 Å². The molecule has 0 saturated carbocycles. The lowest BCUT2D eigenvalue weighted by Gasteiger charge is -2.20. The Balaban J connectivity index is 1.69. The van der Waals surface area contributed by atoms with Gasteiger partial charge >= 0.3 is 0 Å². The van der Waals surface area contributed by atoms with E-state index in [0.717, 1.165) is 28.3 Å². The van der Waals surface area contributed by atoms with Gasteiger partial charge in [-0.1, -0.05) is 60.7 Å². The Morgan fingerprint density at radius 3 is 2.06 bits per heavy atom. The molecule has 0 radical (unpaired) electrons. The van der Waals surface area contributed by atoms with Crippen LogP contribution in [0.1, 0.15) is 38.9 Å². The molecule has 4 rings (SSSR count). The van der Waals surface area contributed by atoms with E-state index in [0.29, 0.717) is 11.3 Å². The van der Waals surface area contributed by atoms with E-state index in [1.165, 1.54) is 0 Å². The number of amides is 1. The first-order chi connectivity index (χ1) is 15.1. The summed E-state index contributed by atoms with van der Waals surface area (Å²) in [5.41, 5.74) is 5.01. The summed E-state index contributed by atoms with van der Waals surface area (Å²) >= 11 is 0. The number of nitrogens with zero attached hydrogens (tertiary/aromatic N) is 2. The summed E-state index contributed by atoms with van der Waals surface area (Å²) in [5.74, 6) is 0.625. The maximum atomic E-state index is 13.4. The number of para-hydroxylation sites is 1. The van der Waals surface area contributed by atoms with Crippen molar-refractivity contribution in [1.29, 1.82) is 0 Å². The topological polar surface area (TPSA) is 56.1 Å². The zero-order valence-electron chi connectivity index (χ0n) is 17.9. The summed E-state index contributed by atoms with van der Waals surface area (Å²) in [6, 6.07) is 27.2. The van der Waals surface area contributed by atoms with Crippen LogP contribution in [0.3, 0.4) is 0 Å². The third-order valence-corrected chi connectivity index (χ3v) is 5.38. The van der Waals surface area contributed by atoms with Gasteiger partial charge in [-0.2, -0.15) is 5.10 Å². The first-order valence-corrected chi connectivity index (χ1v) is 10.2. The lowest BCUT2D eigenvalue weighted by molar-refractivity contribution is 0.0941. The Morgan fingerprint density at radius 1 is 0.871 bits per heavy atom. The van der Waals surface area contributed by atoms with Crippen molar-refractivity contribution in [1.82, 2.24) is 15.1 Å². The molecule has 3 aromatic carbocycles. The van der Waals surface area contributed by atoms with E-state index in [-0.39, 0.29) is 11.9 Å². The highest BCUT2D eigenvalue weighted by Gasteiger charge is 2.23. The lowest BCUT2D eigenvalue weighted by atomic mass is 9.98. The van der Waals surface area contributed by atoms with E-state index in [4.69, 9.17) is 4.74 Å². The molecule has 0 aliphatic heterocycles. The number of aryl methyl sites for hydroxylation is 1. The number of rotatable bonds is 6. The molecule has 0 aliphatic carbocycles. The second kappa shape index (κ2) is 8.88. The van der Waals surface area contributed by atoms with Crippen LogP contribution < -0.4 is 10.1 Å². The van der Waals surface area contributed by atoms with Crippen LogP contribution in [-0.2, 0) is 0 Å². The Bertz CT molecular complexity index is 1170. The van der Waals surface area contributed by atoms with Crippen molar-refractivity contribution in [2.45, 2.75) is 19.9 Å². The summed E-state index contributed by atoms with van der Waals surface area (Å²) < 4.78 is 7.10. The minimum Gasteiger partial charge on any atom is -0.497 e. The van der Waals surface area contributed by atoms with Gasteiger partial charge in [-0.05, 0) is 49.2 Å². The maximum absolute atomic E-state index is 13.4. The second-order valence-electron chi connectivity index (χ2n) is 7.38. The molecule has 156 valence electrons. The Hall–Kier alpha value is -3.86. The fourth-order valence-electron chi connectivity index (χ4n) is 3.80. The molecular formula is C26H25N3O2.